The fourth-order valence-corrected chi connectivity index (χ4v) is 3.05. The Balaban J connectivity index is 1.68. The Morgan fingerprint density at radius 2 is 2.08 bits per heavy atom. The van der Waals surface area contributed by atoms with E-state index >= 15 is 0 Å². The van der Waals surface area contributed by atoms with E-state index in [0.717, 1.165) is 57.9 Å². The number of rotatable bonds is 11. The smallest absolute Gasteiger partial charge is 0.220 e. The molecule has 2 fully saturated rings. The van der Waals surface area contributed by atoms with Gasteiger partial charge in [0.1, 0.15) is 0 Å². The maximum absolute atomic E-state index is 11.7. The number of ether oxygens (including phenoxy) is 1. The van der Waals surface area contributed by atoms with Crippen molar-refractivity contribution in [2.75, 3.05) is 33.4 Å². The summed E-state index contributed by atoms with van der Waals surface area (Å²) in [4.78, 5) is 16.4. The predicted octanol–water partition coefficient (Wildman–Crippen LogP) is 1.81. The molecule has 0 atom stereocenters. The van der Waals surface area contributed by atoms with Gasteiger partial charge in [0.15, 0.2) is 5.96 Å². The normalized spacial score (nSPS) is 19.5. The molecular weight excluding hydrogens is 304 g/mol. The maximum atomic E-state index is 11.7. The number of carbonyl (C=O) groups excluding carboxylic acids is 1. The molecule has 2 aliphatic rings. The first-order valence-electron chi connectivity index (χ1n) is 9.48. The molecule has 24 heavy (non-hydrogen) atoms. The van der Waals surface area contributed by atoms with Gasteiger partial charge in [0.05, 0.1) is 0 Å². The summed E-state index contributed by atoms with van der Waals surface area (Å²) < 4.78 is 5.24. The maximum Gasteiger partial charge on any atom is 0.220 e. The van der Waals surface area contributed by atoms with E-state index in [0.29, 0.717) is 17.9 Å². The highest BCUT2D eigenvalue weighted by molar-refractivity contribution is 5.80. The molecule has 6 nitrogen and oxygen atoms in total. The highest BCUT2D eigenvalue weighted by atomic mass is 16.5. The first-order valence-corrected chi connectivity index (χ1v) is 9.48. The van der Waals surface area contributed by atoms with E-state index in [1.165, 1.54) is 19.3 Å². The third-order valence-corrected chi connectivity index (χ3v) is 4.98. The highest BCUT2D eigenvalue weighted by Crippen LogP contribution is 2.44. The van der Waals surface area contributed by atoms with Crippen molar-refractivity contribution in [3.63, 3.8) is 0 Å². The number of nitrogens with one attached hydrogen (secondary N) is 3. The van der Waals surface area contributed by atoms with Crippen molar-refractivity contribution in [2.45, 2.75) is 64.3 Å². The summed E-state index contributed by atoms with van der Waals surface area (Å²) in [5, 5.41) is 9.67. The van der Waals surface area contributed by atoms with Gasteiger partial charge in [-0.25, -0.2) is 0 Å². The zero-order chi connectivity index (χ0) is 17.3. The number of hydrogen-bond acceptors (Lipinski definition) is 3. The number of amides is 1. The van der Waals surface area contributed by atoms with Crippen LogP contribution < -0.4 is 16.0 Å². The van der Waals surface area contributed by atoms with Gasteiger partial charge in [0.2, 0.25) is 5.91 Å². The molecule has 0 aromatic heterocycles. The Hall–Kier alpha value is -1.30. The molecule has 0 bridgehead atoms. The van der Waals surface area contributed by atoms with Gasteiger partial charge in [-0.1, -0.05) is 6.42 Å². The second kappa shape index (κ2) is 9.87. The van der Waals surface area contributed by atoms with Crippen LogP contribution in [0.15, 0.2) is 4.99 Å². The number of hydrogen-bond donors (Lipinski definition) is 3. The number of aliphatic imine (C=N–C) groups is 1. The van der Waals surface area contributed by atoms with Crippen LogP contribution in [-0.4, -0.2) is 51.3 Å². The van der Waals surface area contributed by atoms with Gasteiger partial charge < -0.3 is 20.7 Å². The van der Waals surface area contributed by atoms with E-state index in [4.69, 9.17) is 9.73 Å². The number of nitrogens with zero attached hydrogens (tertiary/aromatic N) is 1. The molecule has 0 radical (unpaired) electrons. The molecule has 6 heteroatoms. The Labute approximate surface area is 146 Å². The fraction of sp³-hybridized carbons (Fsp3) is 0.889. The summed E-state index contributed by atoms with van der Waals surface area (Å²) in [5.74, 6) is 1.04. The second-order valence-corrected chi connectivity index (χ2v) is 7.16. The van der Waals surface area contributed by atoms with E-state index in [9.17, 15) is 4.79 Å². The van der Waals surface area contributed by atoms with Gasteiger partial charge in [-0.2, -0.15) is 0 Å². The third kappa shape index (κ3) is 6.67. The van der Waals surface area contributed by atoms with Crippen molar-refractivity contribution in [3.8, 4) is 0 Å². The van der Waals surface area contributed by atoms with Crippen LogP contribution >= 0.6 is 0 Å². The van der Waals surface area contributed by atoms with Crippen LogP contribution in [-0.2, 0) is 9.53 Å². The second-order valence-electron chi connectivity index (χ2n) is 7.16. The minimum Gasteiger partial charge on any atom is -0.385 e. The molecule has 0 spiro atoms. The molecule has 0 aromatic rings. The van der Waals surface area contributed by atoms with Crippen molar-refractivity contribution in [3.05, 3.63) is 0 Å². The van der Waals surface area contributed by atoms with Gasteiger partial charge in [-0.15, -0.1) is 0 Å². The van der Waals surface area contributed by atoms with Crippen LogP contribution in [0.3, 0.4) is 0 Å². The Morgan fingerprint density at radius 3 is 2.67 bits per heavy atom. The molecule has 0 aromatic carbocycles. The molecule has 0 aliphatic heterocycles. The summed E-state index contributed by atoms with van der Waals surface area (Å²) in [7, 11) is 1.76. The van der Waals surface area contributed by atoms with Crippen molar-refractivity contribution < 1.29 is 9.53 Å². The van der Waals surface area contributed by atoms with Gasteiger partial charge in [-0.3, -0.25) is 9.79 Å². The molecule has 2 aliphatic carbocycles. The number of methoxy groups -OCH3 is 1. The highest BCUT2D eigenvalue weighted by Gasteiger charge is 2.36. The van der Waals surface area contributed by atoms with Crippen LogP contribution in [0.1, 0.15) is 58.3 Å². The van der Waals surface area contributed by atoms with Crippen LogP contribution in [0.25, 0.3) is 0 Å². The molecule has 0 saturated heterocycles. The van der Waals surface area contributed by atoms with Crippen LogP contribution in [0.5, 0.6) is 0 Å². The first kappa shape index (κ1) is 19.0. The molecule has 3 N–H and O–H groups in total. The Kier molecular flexibility index (Phi) is 7.82. The van der Waals surface area contributed by atoms with E-state index < -0.39 is 0 Å². The molecular formula is C18H34N4O2. The zero-order valence-electron chi connectivity index (χ0n) is 15.3. The quantitative estimate of drug-likeness (QED) is 0.305. The van der Waals surface area contributed by atoms with E-state index in [1.54, 1.807) is 7.11 Å². The predicted molar refractivity (Wildman–Crippen MR) is 97.2 cm³/mol. The summed E-state index contributed by atoms with van der Waals surface area (Å²) in [5.41, 5.74) is 0.336. The minimum atomic E-state index is 0.175. The van der Waals surface area contributed by atoms with E-state index in [-0.39, 0.29) is 5.91 Å². The molecule has 2 rings (SSSR count). The molecule has 138 valence electrons. The van der Waals surface area contributed by atoms with Crippen molar-refractivity contribution in [2.24, 2.45) is 10.4 Å². The van der Waals surface area contributed by atoms with E-state index in [2.05, 4.69) is 22.9 Å². The van der Waals surface area contributed by atoms with Crippen LogP contribution in [0, 0.1) is 5.41 Å². The van der Waals surface area contributed by atoms with Gasteiger partial charge in [0.25, 0.3) is 0 Å². The van der Waals surface area contributed by atoms with Gasteiger partial charge in [-0.05, 0) is 50.9 Å². The fourth-order valence-electron chi connectivity index (χ4n) is 3.05. The number of carbonyl (C=O) groups is 1. The lowest BCUT2D eigenvalue weighted by Crippen LogP contribution is -2.40. The number of guanidine groups is 1. The summed E-state index contributed by atoms with van der Waals surface area (Å²) in [6, 6.07) is 0.454. The summed E-state index contributed by atoms with van der Waals surface area (Å²) >= 11 is 0. The van der Waals surface area contributed by atoms with Crippen LogP contribution in [0.4, 0.5) is 0 Å². The zero-order valence-corrected chi connectivity index (χ0v) is 15.3. The van der Waals surface area contributed by atoms with Gasteiger partial charge in [0, 0.05) is 45.8 Å². The van der Waals surface area contributed by atoms with Crippen LogP contribution in [0.2, 0.25) is 0 Å². The largest absolute Gasteiger partial charge is 0.385 e. The average Bonchev–Trinajstić information content (AvgIpc) is 3.33. The van der Waals surface area contributed by atoms with E-state index in [1.807, 2.05) is 0 Å². The van der Waals surface area contributed by atoms with Crippen molar-refractivity contribution >= 4 is 11.9 Å². The lowest BCUT2D eigenvalue weighted by atomic mass is 9.67. The molecule has 0 unspecified atom stereocenters. The Bertz CT molecular complexity index is 417. The molecule has 1 amide bonds. The average molecular weight is 338 g/mol. The topological polar surface area (TPSA) is 74.8 Å². The van der Waals surface area contributed by atoms with Crippen molar-refractivity contribution in [1.82, 2.24) is 16.0 Å². The molecule has 0 heterocycles. The van der Waals surface area contributed by atoms with Gasteiger partial charge >= 0.3 is 0 Å². The summed E-state index contributed by atoms with van der Waals surface area (Å²) in [6.45, 7) is 5.36. The SMILES string of the molecule is CCNC(=NCC1(CCOC)CCC1)NCCCC(=O)NC1CC1. The first-order chi connectivity index (χ1) is 11.7. The lowest BCUT2D eigenvalue weighted by Gasteiger charge is -2.40. The standard InChI is InChI=1S/C18H34N4O2/c1-3-19-17(20-12-4-6-16(23)22-15-7-8-15)21-14-18(9-5-10-18)11-13-24-2/h15H,3-14H2,1-2H3,(H,22,23)(H2,19,20,21). The third-order valence-electron chi connectivity index (χ3n) is 4.98. The minimum absolute atomic E-state index is 0.175. The lowest BCUT2D eigenvalue weighted by molar-refractivity contribution is -0.121. The summed E-state index contributed by atoms with van der Waals surface area (Å²) in [6.07, 6.45) is 8.60. The van der Waals surface area contributed by atoms with Crippen molar-refractivity contribution in [1.29, 1.82) is 0 Å². The Morgan fingerprint density at radius 1 is 1.29 bits per heavy atom. The molecule has 2 saturated carbocycles. The monoisotopic (exact) mass is 338 g/mol.